The number of aromatic nitrogens is 4. The smallest absolute Gasteiger partial charge is 0.223 e. The molecule has 25 heavy (non-hydrogen) atoms. The van der Waals surface area contributed by atoms with Crippen molar-refractivity contribution in [2.24, 2.45) is 5.92 Å². The zero-order chi connectivity index (χ0) is 17.7. The first kappa shape index (κ1) is 17.4. The number of hydrogen-bond donors (Lipinski definition) is 2. The molecule has 1 amide bonds. The third-order valence-corrected chi connectivity index (χ3v) is 4.90. The average Bonchev–Trinajstić information content (AvgIpc) is 3.17. The Morgan fingerprint density at radius 1 is 1.20 bits per heavy atom. The molecule has 0 atom stereocenters. The van der Waals surface area contributed by atoms with E-state index in [4.69, 9.17) is 0 Å². The molecule has 2 N–H and O–H groups in total. The molecule has 0 spiro atoms. The van der Waals surface area contributed by atoms with Crippen LogP contribution >= 0.6 is 0 Å². The van der Waals surface area contributed by atoms with E-state index in [1.807, 2.05) is 10.8 Å². The standard InChI is InChI=1S/C18H26N6O/c1-18(2,24-11-10-19-13-24)12-22-16(25)14-4-6-15(7-5-14)23-17-20-8-3-9-21-17/h3,8-11,13-15H,4-7,12H2,1-2H3,(H,22,25)(H,20,21,23). The van der Waals surface area contributed by atoms with Gasteiger partial charge in [-0.15, -0.1) is 0 Å². The molecule has 0 bridgehead atoms. The van der Waals surface area contributed by atoms with Gasteiger partial charge in [0.05, 0.1) is 11.9 Å². The molecule has 2 aromatic rings. The Kier molecular flexibility index (Phi) is 5.31. The van der Waals surface area contributed by atoms with Crippen molar-refractivity contribution >= 4 is 11.9 Å². The minimum atomic E-state index is -0.185. The lowest BCUT2D eigenvalue weighted by molar-refractivity contribution is -0.126. The summed E-state index contributed by atoms with van der Waals surface area (Å²) in [5.74, 6) is 0.911. The van der Waals surface area contributed by atoms with Crippen molar-refractivity contribution in [3.63, 3.8) is 0 Å². The summed E-state index contributed by atoms with van der Waals surface area (Å²) in [4.78, 5) is 25.0. The molecule has 0 radical (unpaired) electrons. The van der Waals surface area contributed by atoms with Gasteiger partial charge in [-0.25, -0.2) is 15.0 Å². The molecule has 0 saturated heterocycles. The second-order valence-electron chi connectivity index (χ2n) is 7.27. The highest BCUT2D eigenvalue weighted by Gasteiger charge is 2.28. The number of carbonyl (C=O) groups is 1. The van der Waals surface area contributed by atoms with Crippen molar-refractivity contribution in [1.82, 2.24) is 24.8 Å². The number of carbonyl (C=O) groups excluding carboxylic acids is 1. The Bertz CT molecular complexity index is 662. The highest BCUT2D eigenvalue weighted by Crippen LogP contribution is 2.26. The van der Waals surface area contributed by atoms with Gasteiger partial charge < -0.3 is 15.2 Å². The Morgan fingerprint density at radius 2 is 1.92 bits per heavy atom. The molecule has 1 saturated carbocycles. The molecule has 2 heterocycles. The number of anilines is 1. The molecule has 7 nitrogen and oxygen atoms in total. The minimum absolute atomic E-state index is 0.0910. The van der Waals surface area contributed by atoms with Gasteiger partial charge in [0.15, 0.2) is 0 Å². The van der Waals surface area contributed by atoms with Crippen LogP contribution in [0.3, 0.4) is 0 Å². The van der Waals surface area contributed by atoms with Gasteiger partial charge in [0.2, 0.25) is 11.9 Å². The maximum absolute atomic E-state index is 12.5. The summed E-state index contributed by atoms with van der Waals surface area (Å²) in [5, 5.41) is 6.46. The van der Waals surface area contributed by atoms with Gasteiger partial charge in [-0.3, -0.25) is 4.79 Å². The zero-order valence-electron chi connectivity index (χ0n) is 14.9. The fraction of sp³-hybridized carbons (Fsp3) is 0.556. The highest BCUT2D eigenvalue weighted by atomic mass is 16.1. The Hall–Kier alpha value is -2.44. The first-order chi connectivity index (χ1) is 12.0. The van der Waals surface area contributed by atoms with Gasteiger partial charge in [0, 0.05) is 43.3 Å². The van der Waals surface area contributed by atoms with Crippen LogP contribution in [0.5, 0.6) is 0 Å². The molecular formula is C18H26N6O. The molecular weight excluding hydrogens is 316 g/mol. The summed E-state index contributed by atoms with van der Waals surface area (Å²) in [5.41, 5.74) is -0.185. The van der Waals surface area contributed by atoms with E-state index in [1.165, 1.54) is 0 Å². The van der Waals surface area contributed by atoms with Crippen LogP contribution in [-0.4, -0.2) is 38.0 Å². The highest BCUT2D eigenvalue weighted by molar-refractivity contribution is 5.78. The molecule has 3 rings (SSSR count). The summed E-state index contributed by atoms with van der Waals surface area (Å²) < 4.78 is 2.02. The summed E-state index contributed by atoms with van der Waals surface area (Å²) in [6.45, 7) is 4.78. The van der Waals surface area contributed by atoms with E-state index in [-0.39, 0.29) is 17.4 Å². The molecule has 0 aliphatic heterocycles. The SMILES string of the molecule is CC(C)(CNC(=O)C1CCC(Nc2ncccn2)CC1)n1ccnc1. The van der Waals surface area contributed by atoms with E-state index in [1.54, 1.807) is 31.0 Å². The predicted octanol–water partition coefficient (Wildman–Crippen LogP) is 2.20. The van der Waals surface area contributed by atoms with Crippen LogP contribution in [0, 0.1) is 5.92 Å². The number of nitrogens with zero attached hydrogens (tertiary/aromatic N) is 4. The minimum Gasteiger partial charge on any atom is -0.354 e. The van der Waals surface area contributed by atoms with Crippen LogP contribution in [0.25, 0.3) is 0 Å². The van der Waals surface area contributed by atoms with Crippen molar-refractivity contribution in [3.8, 4) is 0 Å². The number of nitrogens with one attached hydrogen (secondary N) is 2. The number of hydrogen-bond acceptors (Lipinski definition) is 5. The third kappa shape index (κ3) is 4.55. The maximum atomic E-state index is 12.5. The van der Waals surface area contributed by atoms with Gasteiger partial charge in [0.25, 0.3) is 0 Å². The molecule has 1 fully saturated rings. The normalized spacial score (nSPS) is 20.9. The molecule has 0 unspecified atom stereocenters. The maximum Gasteiger partial charge on any atom is 0.223 e. The topological polar surface area (TPSA) is 84.7 Å². The van der Waals surface area contributed by atoms with Crippen LogP contribution in [0.1, 0.15) is 39.5 Å². The van der Waals surface area contributed by atoms with Crippen LogP contribution in [0.15, 0.2) is 37.2 Å². The summed E-state index contributed by atoms with van der Waals surface area (Å²) in [6.07, 6.45) is 12.6. The van der Waals surface area contributed by atoms with Gasteiger partial charge in [-0.2, -0.15) is 0 Å². The van der Waals surface area contributed by atoms with E-state index < -0.39 is 0 Å². The summed E-state index contributed by atoms with van der Waals surface area (Å²) >= 11 is 0. The van der Waals surface area contributed by atoms with E-state index in [2.05, 4.69) is 39.4 Å². The van der Waals surface area contributed by atoms with Crippen molar-refractivity contribution in [2.75, 3.05) is 11.9 Å². The quantitative estimate of drug-likeness (QED) is 0.841. The number of imidazole rings is 1. The second-order valence-corrected chi connectivity index (χ2v) is 7.27. The summed E-state index contributed by atoms with van der Waals surface area (Å²) in [7, 11) is 0. The Labute approximate surface area is 148 Å². The van der Waals surface area contributed by atoms with Crippen LogP contribution in [0.4, 0.5) is 5.95 Å². The van der Waals surface area contributed by atoms with Crippen molar-refractivity contribution in [1.29, 1.82) is 0 Å². The lowest BCUT2D eigenvalue weighted by Gasteiger charge is -2.31. The van der Waals surface area contributed by atoms with E-state index in [9.17, 15) is 4.79 Å². The van der Waals surface area contributed by atoms with Crippen molar-refractivity contribution < 1.29 is 4.79 Å². The molecule has 7 heteroatoms. The van der Waals surface area contributed by atoms with Gasteiger partial charge in [-0.1, -0.05) is 0 Å². The van der Waals surface area contributed by atoms with Gasteiger partial charge in [-0.05, 0) is 45.6 Å². The molecule has 0 aromatic carbocycles. The van der Waals surface area contributed by atoms with Crippen LogP contribution < -0.4 is 10.6 Å². The third-order valence-electron chi connectivity index (χ3n) is 4.90. The molecule has 134 valence electrons. The van der Waals surface area contributed by atoms with Crippen molar-refractivity contribution in [3.05, 3.63) is 37.2 Å². The van der Waals surface area contributed by atoms with Crippen LogP contribution in [0.2, 0.25) is 0 Å². The Balaban J connectivity index is 1.44. The Morgan fingerprint density at radius 3 is 2.56 bits per heavy atom. The predicted molar refractivity (Wildman–Crippen MR) is 96.0 cm³/mol. The van der Waals surface area contributed by atoms with E-state index >= 15 is 0 Å². The lowest BCUT2D eigenvalue weighted by atomic mass is 9.85. The first-order valence-electron chi connectivity index (χ1n) is 8.84. The lowest BCUT2D eigenvalue weighted by Crippen LogP contribution is -2.43. The fourth-order valence-corrected chi connectivity index (χ4v) is 3.21. The number of amides is 1. The van der Waals surface area contributed by atoms with Crippen molar-refractivity contribution in [2.45, 2.75) is 51.1 Å². The van der Waals surface area contributed by atoms with Gasteiger partial charge in [0.1, 0.15) is 0 Å². The van der Waals surface area contributed by atoms with Crippen LogP contribution in [-0.2, 0) is 10.3 Å². The van der Waals surface area contributed by atoms with E-state index in [0.717, 1.165) is 25.7 Å². The molecule has 1 aliphatic rings. The monoisotopic (exact) mass is 342 g/mol. The van der Waals surface area contributed by atoms with Gasteiger partial charge >= 0.3 is 0 Å². The van der Waals surface area contributed by atoms with E-state index in [0.29, 0.717) is 18.5 Å². The largest absolute Gasteiger partial charge is 0.354 e. The zero-order valence-corrected chi connectivity index (χ0v) is 14.9. The first-order valence-corrected chi connectivity index (χ1v) is 8.84. The average molecular weight is 342 g/mol. The molecule has 2 aromatic heterocycles. The number of rotatable bonds is 6. The molecule has 1 aliphatic carbocycles. The summed E-state index contributed by atoms with van der Waals surface area (Å²) in [6, 6.07) is 2.14. The fourth-order valence-electron chi connectivity index (χ4n) is 3.21. The second kappa shape index (κ2) is 7.63.